The lowest BCUT2D eigenvalue weighted by Crippen LogP contribution is -1.91. The van der Waals surface area contributed by atoms with Gasteiger partial charge in [-0.05, 0) is 24.6 Å². The summed E-state index contributed by atoms with van der Waals surface area (Å²) in [6.07, 6.45) is 0. The van der Waals surface area contributed by atoms with Crippen LogP contribution >= 0.6 is 15.9 Å². The minimum absolute atomic E-state index is 0.319. The van der Waals surface area contributed by atoms with E-state index in [1.165, 1.54) is 18.2 Å². The molecule has 66 valence electrons. The second-order valence-corrected chi connectivity index (χ2v) is 4.55. The fourth-order valence-electron chi connectivity index (χ4n) is 0.725. The van der Waals surface area contributed by atoms with Crippen LogP contribution in [0.4, 0.5) is 3.89 Å². The second-order valence-electron chi connectivity index (χ2n) is 2.35. The lowest BCUT2D eigenvalue weighted by atomic mass is 10.2. The lowest BCUT2D eigenvalue weighted by Gasteiger charge is -1.98. The maximum atomic E-state index is 12.4. The molecule has 0 atom stereocenters. The Morgan fingerprint density at radius 1 is 1.42 bits per heavy atom. The van der Waals surface area contributed by atoms with Gasteiger partial charge >= 0.3 is 10.2 Å². The zero-order chi connectivity index (χ0) is 9.35. The highest BCUT2D eigenvalue weighted by Crippen LogP contribution is 2.21. The summed E-state index contributed by atoms with van der Waals surface area (Å²) in [7, 11) is -4.57. The normalized spacial score (nSPS) is 11.6. The van der Waals surface area contributed by atoms with Crippen LogP contribution in [0, 0.1) is 6.92 Å². The maximum absolute atomic E-state index is 12.4. The quantitative estimate of drug-likeness (QED) is 0.720. The fourth-order valence-corrected chi connectivity index (χ4v) is 1.74. The van der Waals surface area contributed by atoms with Crippen LogP contribution in [-0.4, -0.2) is 8.42 Å². The molecule has 0 N–H and O–H groups in total. The van der Waals surface area contributed by atoms with Gasteiger partial charge in [0.05, 0.1) is 4.90 Å². The van der Waals surface area contributed by atoms with Crippen molar-refractivity contribution < 1.29 is 12.3 Å². The van der Waals surface area contributed by atoms with Gasteiger partial charge in [-0.2, -0.15) is 8.42 Å². The standard InChI is InChI=1S/C7H6BrFO2S/c1-5-2-3-6(4-7(5)8)12(9,10)11/h2-4H,1H3. The summed E-state index contributed by atoms with van der Waals surface area (Å²) in [5.41, 5.74) is 0.863. The van der Waals surface area contributed by atoms with Crippen molar-refractivity contribution in [1.29, 1.82) is 0 Å². The molecule has 0 aromatic heterocycles. The molecule has 0 amide bonds. The van der Waals surface area contributed by atoms with E-state index >= 15 is 0 Å². The average Bonchev–Trinajstić information content (AvgIpc) is 1.92. The first-order valence-electron chi connectivity index (χ1n) is 3.12. The van der Waals surface area contributed by atoms with Crippen LogP contribution in [0.25, 0.3) is 0 Å². The molecule has 0 aliphatic carbocycles. The van der Waals surface area contributed by atoms with Gasteiger partial charge in [0.2, 0.25) is 0 Å². The van der Waals surface area contributed by atoms with Gasteiger partial charge in [0.15, 0.2) is 0 Å². The van der Waals surface area contributed by atoms with E-state index in [-0.39, 0.29) is 4.90 Å². The van der Waals surface area contributed by atoms with Gasteiger partial charge in [-0.3, -0.25) is 0 Å². The largest absolute Gasteiger partial charge is 0.332 e. The number of hydrogen-bond donors (Lipinski definition) is 0. The van der Waals surface area contributed by atoms with Crippen LogP contribution in [0.1, 0.15) is 5.56 Å². The molecule has 0 fully saturated rings. The van der Waals surface area contributed by atoms with Crippen molar-refractivity contribution in [3.63, 3.8) is 0 Å². The van der Waals surface area contributed by atoms with Crippen LogP contribution in [0.3, 0.4) is 0 Å². The molecule has 0 heterocycles. The van der Waals surface area contributed by atoms with E-state index in [1.54, 1.807) is 6.92 Å². The van der Waals surface area contributed by atoms with Crippen molar-refractivity contribution >= 4 is 26.2 Å². The van der Waals surface area contributed by atoms with Crippen molar-refractivity contribution in [3.05, 3.63) is 28.2 Å². The summed E-state index contributed by atoms with van der Waals surface area (Å²) in [5.74, 6) is 0. The van der Waals surface area contributed by atoms with Gasteiger partial charge in [-0.1, -0.05) is 22.0 Å². The van der Waals surface area contributed by atoms with Crippen LogP contribution in [-0.2, 0) is 10.2 Å². The molecular formula is C7H6BrFO2S. The molecule has 2 nitrogen and oxygen atoms in total. The summed E-state index contributed by atoms with van der Waals surface area (Å²) in [6.45, 7) is 1.79. The van der Waals surface area contributed by atoms with Gasteiger partial charge in [-0.15, -0.1) is 3.89 Å². The molecule has 0 aliphatic heterocycles. The van der Waals surface area contributed by atoms with E-state index in [1.807, 2.05) is 0 Å². The molecule has 12 heavy (non-hydrogen) atoms. The monoisotopic (exact) mass is 252 g/mol. The second kappa shape index (κ2) is 3.14. The number of benzene rings is 1. The topological polar surface area (TPSA) is 34.1 Å². The summed E-state index contributed by atoms with van der Waals surface area (Å²) < 4.78 is 33.8. The Kier molecular flexibility index (Phi) is 2.53. The van der Waals surface area contributed by atoms with Crippen LogP contribution < -0.4 is 0 Å². The predicted molar refractivity (Wildman–Crippen MR) is 47.2 cm³/mol. The summed E-state index contributed by atoms with van der Waals surface area (Å²) in [5, 5.41) is 0. The van der Waals surface area contributed by atoms with Crippen molar-refractivity contribution in [2.24, 2.45) is 0 Å². The minimum atomic E-state index is -4.57. The Balaban J connectivity index is 3.33. The molecule has 0 unspecified atom stereocenters. The Hall–Kier alpha value is -0.420. The summed E-state index contributed by atoms with van der Waals surface area (Å²) >= 11 is 3.11. The molecular weight excluding hydrogens is 247 g/mol. The molecule has 1 aromatic carbocycles. The Morgan fingerprint density at radius 3 is 2.42 bits per heavy atom. The lowest BCUT2D eigenvalue weighted by molar-refractivity contribution is 0.552. The van der Waals surface area contributed by atoms with Crippen LogP contribution in [0.2, 0.25) is 0 Å². The molecule has 0 radical (unpaired) electrons. The molecule has 0 bridgehead atoms. The minimum Gasteiger partial charge on any atom is -0.189 e. The van der Waals surface area contributed by atoms with Gasteiger partial charge in [0, 0.05) is 4.47 Å². The molecule has 5 heteroatoms. The third-order valence-corrected chi connectivity index (χ3v) is 3.10. The summed E-state index contributed by atoms with van der Waals surface area (Å²) in [4.78, 5) is -0.319. The van der Waals surface area contributed by atoms with E-state index in [9.17, 15) is 12.3 Å². The highest BCUT2D eigenvalue weighted by atomic mass is 79.9. The van der Waals surface area contributed by atoms with Gasteiger partial charge in [0.1, 0.15) is 0 Å². The average molecular weight is 253 g/mol. The van der Waals surface area contributed by atoms with Gasteiger partial charge in [0.25, 0.3) is 0 Å². The van der Waals surface area contributed by atoms with Gasteiger partial charge in [-0.25, -0.2) is 0 Å². The molecule has 0 saturated heterocycles. The van der Waals surface area contributed by atoms with Gasteiger partial charge < -0.3 is 0 Å². The highest BCUT2D eigenvalue weighted by Gasteiger charge is 2.11. The first-order valence-corrected chi connectivity index (χ1v) is 5.30. The third-order valence-electron chi connectivity index (χ3n) is 1.42. The Bertz CT molecular complexity index is 400. The number of halogens is 2. The van der Waals surface area contributed by atoms with E-state index < -0.39 is 10.2 Å². The SMILES string of the molecule is Cc1ccc(S(=O)(=O)F)cc1Br. The molecule has 0 aliphatic rings. The van der Waals surface area contributed by atoms with Crippen molar-refractivity contribution in [2.75, 3.05) is 0 Å². The van der Waals surface area contributed by atoms with Crippen LogP contribution in [0.5, 0.6) is 0 Å². The Labute approximate surface area is 78.8 Å². The van der Waals surface area contributed by atoms with Crippen molar-refractivity contribution in [1.82, 2.24) is 0 Å². The van der Waals surface area contributed by atoms with E-state index in [0.717, 1.165) is 5.56 Å². The smallest absolute Gasteiger partial charge is 0.189 e. The summed E-state index contributed by atoms with van der Waals surface area (Å²) in [6, 6.07) is 4.01. The number of hydrogen-bond acceptors (Lipinski definition) is 2. The molecule has 1 rings (SSSR count). The number of aryl methyl sites for hydroxylation is 1. The number of rotatable bonds is 1. The Morgan fingerprint density at radius 2 is 2.00 bits per heavy atom. The molecule has 1 aromatic rings. The van der Waals surface area contributed by atoms with Crippen molar-refractivity contribution in [2.45, 2.75) is 11.8 Å². The first kappa shape index (κ1) is 9.67. The van der Waals surface area contributed by atoms with E-state index in [0.29, 0.717) is 4.47 Å². The zero-order valence-electron chi connectivity index (χ0n) is 6.21. The fraction of sp³-hybridized carbons (Fsp3) is 0.143. The maximum Gasteiger partial charge on any atom is 0.332 e. The molecule has 0 spiro atoms. The highest BCUT2D eigenvalue weighted by molar-refractivity contribution is 9.10. The third kappa shape index (κ3) is 2.04. The molecule has 0 saturated carbocycles. The zero-order valence-corrected chi connectivity index (χ0v) is 8.62. The van der Waals surface area contributed by atoms with E-state index in [2.05, 4.69) is 15.9 Å². The van der Waals surface area contributed by atoms with Crippen molar-refractivity contribution in [3.8, 4) is 0 Å². The first-order chi connectivity index (χ1) is 5.41. The predicted octanol–water partition coefficient (Wildman–Crippen LogP) is 2.42. The van der Waals surface area contributed by atoms with Crippen LogP contribution in [0.15, 0.2) is 27.6 Å². The van der Waals surface area contributed by atoms with E-state index in [4.69, 9.17) is 0 Å².